The second-order valence-corrected chi connectivity index (χ2v) is 6.75. The normalized spacial score (nSPS) is 14.1. The first kappa shape index (κ1) is 21.4. The predicted molar refractivity (Wildman–Crippen MR) is 111 cm³/mol. The van der Waals surface area contributed by atoms with E-state index in [2.05, 4.69) is 77.0 Å². The Balaban J connectivity index is 0.000000345. The molecule has 1 fully saturated rings. The van der Waals surface area contributed by atoms with Crippen molar-refractivity contribution in [1.82, 2.24) is 9.80 Å². The topological polar surface area (TPSA) is 60.9 Å². The van der Waals surface area contributed by atoms with E-state index in [4.69, 9.17) is 5.11 Å². The zero-order valence-corrected chi connectivity index (χ0v) is 16.3. The second-order valence-electron chi connectivity index (χ2n) is 6.75. The molecule has 0 unspecified atom stereocenters. The molecule has 1 aliphatic heterocycles. The van der Waals surface area contributed by atoms with Crippen LogP contribution in [-0.2, 0) is 9.59 Å². The van der Waals surface area contributed by atoms with Crippen LogP contribution in [-0.4, -0.2) is 52.8 Å². The highest BCUT2D eigenvalue weighted by Crippen LogP contribution is 2.29. The first-order valence-electron chi connectivity index (χ1n) is 9.43. The quantitative estimate of drug-likeness (QED) is 0.776. The van der Waals surface area contributed by atoms with Crippen LogP contribution in [0.3, 0.4) is 0 Å². The molecule has 2 aromatic rings. The highest BCUT2D eigenvalue weighted by molar-refractivity contribution is 5.93. The van der Waals surface area contributed by atoms with Crippen molar-refractivity contribution >= 4 is 11.8 Å². The Kier molecular flexibility index (Phi) is 8.43. The van der Waals surface area contributed by atoms with Crippen LogP contribution in [0.1, 0.15) is 30.5 Å². The van der Waals surface area contributed by atoms with Crippen LogP contribution >= 0.6 is 0 Å². The number of carbonyl (C=O) groups excluding carboxylic acids is 1. The Morgan fingerprint density at radius 3 is 1.75 bits per heavy atom. The lowest BCUT2D eigenvalue weighted by Gasteiger charge is -2.39. The van der Waals surface area contributed by atoms with Gasteiger partial charge in [0, 0.05) is 26.2 Å². The van der Waals surface area contributed by atoms with Gasteiger partial charge in [0.1, 0.15) is 12.2 Å². The van der Waals surface area contributed by atoms with Crippen LogP contribution in [0, 0.1) is 0 Å². The van der Waals surface area contributed by atoms with Crippen molar-refractivity contribution in [2.24, 2.45) is 0 Å². The molecule has 0 radical (unpaired) electrons. The van der Waals surface area contributed by atoms with Gasteiger partial charge in [-0.05, 0) is 24.3 Å². The maximum atomic E-state index is 9.87. The van der Waals surface area contributed by atoms with E-state index in [1.807, 2.05) is 6.20 Å². The van der Waals surface area contributed by atoms with Gasteiger partial charge in [-0.25, -0.2) is 0 Å². The molecule has 0 bridgehead atoms. The fourth-order valence-corrected chi connectivity index (χ4v) is 3.28. The summed E-state index contributed by atoms with van der Waals surface area (Å²) in [6.45, 7) is 9.37. The van der Waals surface area contributed by atoms with E-state index in [0.29, 0.717) is 6.04 Å². The zero-order valence-electron chi connectivity index (χ0n) is 16.3. The van der Waals surface area contributed by atoms with Crippen molar-refractivity contribution in [2.45, 2.75) is 19.4 Å². The Labute approximate surface area is 166 Å². The monoisotopic (exact) mass is 380 g/mol. The van der Waals surface area contributed by atoms with Gasteiger partial charge in [-0.3, -0.25) is 14.5 Å². The minimum absolute atomic E-state index is 0.312. The molecule has 5 nitrogen and oxygen atoms in total. The molecule has 28 heavy (non-hydrogen) atoms. The molecular formula is C23H28N2O3. The Morgan fingerprint density at radius 2 is 1.43 bits per heavy atom. The number of nitrogens with zero attached hydrogens (tertiary/aromatic N) is 2. The lowest BCUT2D eigenvalue weighted by molar-refractivity contribution is -0.139. The molecule has 5 heteroatoms. The van der Waals surface area contributed by atoms with Gasteiger partial charge in [0.15, 0.2) is 0 Å². The summed E-state index contributed by atoms with van der Waals surface area (Å²) in [5.74, 6) is -1.37. The average molecular weight is 380 g/mol. The van der Waals surface area contributed by atoms with Crippen molar-refractivity contribution in [1.29, 1.82) is 0 Å². The minimum Gasteiger partial charge on any atom is -0.481 e. The van der Waals surface area contributed by atoms with Crippen molar-refractivity contribution in [3.8, 4) is 0 Å². The highest BCUT2D eigenvalue weighted by Gasteiger charge is 2.25. The van der Waals surface area contributed by atoms with E-state index in [-0.39, 0.29) is 12.2 Å². The number of aliphatic carboxylic acids is 1. The Bertz CT molecular complexity index is 702. The van der Waals surface area contributed by atoms with Crippen LogP contribution < -0.4 is 0 Å². The Morgan fingerprint density at radius 1 is 0.964 bits per heavy atom. The van der Waals surface area contributed by atoms with Gasteiger partial charge >= 0.3 is 5.97 Å². The number of piperazine rings is 1. The molecule has 0 aromatic heterocycles. The molecule has 1 aliphatic rings. The zero-order chi connectivity index (χ0) is 20.4. The third-order valence-corrected chi connectivity index (χ3v) is 4.60. The highest BCUT2D eigenvalue weighted by atomic mass is 16.4. The minimum atomic E-state index is -1.06. The lowest BCUT2D eigenvalue weighted by Crippen LogP contribution is -2.45. The number of hydrogen-bond acceptors (Lipinski definition) is 4. The van der Waals surface area contributed by atoms with E-state index in [1.165, 1.54) is 18.1 Å². The van der Waals surface area contributed by atoms with Crippen LogP contribution in [0.25, 0.3) is 0 Å². The van der Waals surface area contributed by atoms with Gasteiger partial charge in [0.05, 0.1) is 6.04 Å². The fourth-order valence-electron chi connectivity index (χ4n) is 3.28. The third kappa shape index (κ3) is 6.67. The number of Topliss-reactive ketones (excluding diaryl/α,β-unsaturated/α-hetero) is 1. The lowest BCUT2D eigenvalue weighted by atomic mass is 9.96. The maximum absolute atomic E-state index is 9.87. The Hall–Kier alpha value is -2.92. The summed E-state index contributed by atoms with van der Waals surface area (Å²) < 4.78 is 0. The number of carbonyl (C=O) groups is 2. The molecule has 0 atom stereocenters. The van der Waals surface area contributed by atoms with Crippen LogP contribution in [0.2, 0.25) is 0 Å². The van der Waals surface area contributed by atoms with Gasteiger partial charge in [-0.1, -0.05) is 67.2 Å². The van der Waals surface area contributed by atoms with Gasteiger partial charge in [-0.15, -0.1) is 0 Å². The summed E-state index contributed by atoms with van der Waals surface area (Å²) >= 11 is 0. The molecule has 1 saturated heterocycles. The number of carboxylic acids is 1. The summed E-state index contributed by atoms with van der Waals surface area (Å²) in [6, 6.07) is 22.0. The predicted octanol–water partition coefficient (Wildman–Crippen LogP) is 3.59. The molecule has 0 amide bonds. The number of benzene rings is 2. The first-order chi connectivity index (χ1) is 13.5. The molecule has 0 spiro atoms. The number of rotatable bonds is 6. The van der Waals surface area contributed by atoms with E-state index < -0.39 is 5.97 Å². The second kappa shape index (κ2) is 11.0. The van der Waals surface area contributed by atoms with E-state index >= 15 is 0 Å². The van der Waals surface area contributed by atoms with Gasteiger partial charge in [0.25, 0.3) is 0 Å². The van der Waals surface area contributed by atoms with Gasteiger partial charge in [-0.2, -0.15) is 0 Å². The van der Waals surface area contributed by atoms with Gasteiger partial charge in [0.2, 0.25) is 0 Å². The SMILES string of the molecule is C=CN1CCN(C(c2ccccc2)c2ccccc2)CC1.CC(=O)CC(=O)O. The van der Waals surface area contributed by atoms with Crippen molar-refractivity contribution in [2.75, 3.05) is 26.2 Å². The largest absolute Gasteiger partial charge is 0.481 e. The van der Waals surface area contributed by atoms with E-state index in [0.717, 1.165) is 26.2 Å². The number of hydrogen-bond donors (Lipinski definition) is 1. The molecular weight excluding hydrogens is 352 g/mol. The molecule has 2 aromatic carbocycles. The third-order valence-electron chi connectivity index (χ3n) is 4.60. The van der Waals surface area contributed by atoms with Crippen LogP contribution in [0.15, 0.2) is 73.4 Å². The van der Waals surface area contributed by atoms with Crippen molar-refractivity contribution < 1.29 is 14.7 Å². The van der Waals surface area contributed by atoms with E-state index in [9.17, 15) is 9.59 Å². The molecule has 3 rings (SSSR count). The van der Waals surface area contributed by atoms with Crippen molar-refractivity contribution in [3.63, 3.8) is 0 Å². The van der Waals surface area contributed by atoms with Crippen LogP contribution in [0.4, 0.5) is 0 Å². The standard InChI is InChI=1S/C19H22N2.C4H6O3/c1-2-20-13-15-21(16-14-20)19(17-9-5-3-6-10-17)18-11-7-4-8-12-18;1-3(5)2-4(6)7/h2-12,19H,1,13-16H2;2H2,1H3,(H,6,7). The maximum Gasteiger partial charge on any atom is 0.310 e. The molecule has 1 N–H and O–H groups in total. The summed E-state index contributed by atoms with van der Waals surface area (Å²) in [5, 5.41) is 7.86. The number of ketones is 1. The molecule has 0 aliphatic carbocycles. The average Bonchev–Trinajstić information content (AvgIpc) is 2.70. The molecule has 0 saturated carbocycles. The summed E-state index contributed by atoms with van der Waals surface area (Å²) in [7, 11) is 0. The van der Waals surface area contributed by atoms with Crippen LogP contribution in [0.5, 0.6) is 0 Å². The summed E-state index contributed by atoms with van der Waals surface area (Å²) in [6.07, 6.45) is 1.59. The first-order valence-corrected chi connectivity index (χ1v) is 9.43. The van der Waals surface area contributed by atoms with E-state index in [1.54, 1.807) is 0 Å². The fraction of sp³-hybridized carbons (Fsp3) is 0.304. The smallest absolute Gasteiger partial charge is 0.310 e. The molecule has 1 heterocycles. The summed E-state index contributed by atoms with van der Waals surface area (Å²) in [4.78, 5) is 24.3. The van der Waals surface area contributed by atoms with Gasteiger partial charge < -0.3 is 10.0 Å². The van der Waals surface area contributed by atoms with Crippen molar-refractivity contribution in [3.05, 3.63) is 84.6 Å². The molecule has 148 valence electrons. The summed E-state index contributed by atoms with van der Waals surface area (Å²) in [5.41, 5.74) is 2.74. The number of carboxylic acid groups (broad SMARTS) is 1.